The van der Waals surface area contributed by atoms with Gasteiger partial charge in [-0.1, -0.05) is 20.3 Å². The number of carboxylic acid groups (broad SMARTS) is 1. The maximum atomic E-state index is 12.8. The van der Waals surface area contributed by atoms with E-state index < -0.39 is 29.6 Å². The van der Waals surface area contributed by atoms with Crippen molar-refractivity contribution in [3.8, 4) is 0 Å². The van der Waals surface area contributed by atoms with Gasteiger partial charge in [0.15, 0.2) is 0 Å². The van der Waals surface area contributed by atoms with Gasteiger partial charge in [-0.15, -0.1) is 0 Å². The van der Waals surface area contributed by atoms with Crippen LogP contribution in [-0.2, 0) is 4.79 Å². The summed E-state index contributed by atoms with van der Waals surface area (Å²) < 4.78 is 25.5. The van der Waals surface area contributed by atoms with Gasteiger partial charge < -0.3 is 5.11 Å². The normalized spacial score (nSPS) is 34.3. The number of halogens is 2. The highest BCUT2D eigenvalue weighted by Gasteiger charge is 2.77. The van der Waals surface area contributed by atoms with Crippen LogP contribution in [0.2, 0.25) is 0 Å². The van der Waals surface area contributed by atoms with Crippen LogP contribution in [0.25, 0.3) is 0 Å². The lowest BCUT2D eigenvalue weighted by molar-refractivity contribution is -0.150. The van der Waals surface area contributed by atoms with Crippen molar-refractivity contribution in [2.45, 2.75) is 32.6 Å². The van der Waals surface area contributed by atoms with E-state index in [1.54, 1.807) is 13.8 Å². The molecule has 2 atom stereocenters. The van der Waals surface area contributed by atoms with Crippen molar-refractivity contribution in [2.75, 3.05) is 0 Å². The Morgan fingerprint density at radius 2 is 2.08 bits per heavy atom. The molecule has 12 heavy (non-hydrogen) atoms. The van der Waals surface area contributed by atoms with Gasteiger partial charge in [-0.2, -0.15) is 0 Å². The predicted molar refractivity (Wildman–Crippen MR) is 39.1 cm³/mol. The number of hydrogen-bond donors (Lipinski definition) is 1. The molecule has 1 aliphatic carbocycles. The van der Waals surface area contributed by atoms with Crippen LogP contribution in [0.4, 0.5) is 8.78 Å². The molecule has 0 saturated heterocycles. The van der Waals surface area contributed by atoms with Gasteiger partial charge in [0.2, 0.25) is 0 Å². The van der Waals surface area contributed by atoms with Crippen molar-refractivity contribution in [1.29, 1.82) is 0 Å². The van der Waals surface area contributed by atoms with Gasteiger partial charge in [-0.3, -0.25) is 4.79 Å². The third-order valence-corrected chi connectivity index (χ3v) is 2.86. The highest BCUT2D eigenvalue weighted by atomic mass is 19.3. The van der Waals surface area contributed by atoms with Crippen LogP contribution in [0.3, 0.4) is 0 Å². The molecule has 0 aliphatic heterocycles. The zero-order chi connectivity index (χ0) is 9.57. The van der Waals surface area contributed by atoms with E-state index in [1.165, 1.54) is 0 Å². The summed E-state index contributed by atoms with van der Waals surface area (Å²) in [6.07, 6.45) is -0.0216. The largest absolute Gasteiger partial charge is 0.481 e. The third kappa shape index (κ3) is 0.934. The van der Waals surface area contributed by atoms with E-state index in [0.717, 1.165) is 0 Å². The molecule has 1 rings (SSSR count). The second kappa shape index (κ2) is 2.41. The molecule has 0 aromatic carbocycles. The van der Waals surface area contributed by atoms with E-state index in [2.05, 4.69) is 0 Å². The fourth-order valence-corrected chi connectivity index (χ4v) is 1.63. The molecule has 0 amide bonds. The Labute approximate surface area is 69.6 Å². The van der Waals surface area contributed by atoms with Crippen molar-refractivity contribution in [1.82, 2.24) is 0 Å². The molecular weight excluding hydrogens is 166 g/mol. The molecule has 2 nitrogen and oxygen atoms in total. The summed E-state index contributed by atoms with van der Waals surface area (Å²) in [5.41, 5.74) is -1.76. The molecule has 0 aromatic rings. The lowest BCUT2D eigenvalue weighted by Crippen LogP contribution is -2.29. The number of alkyl halides is 2. The maximum absolute atomic E-state index is 12.8. The molecule has 2 unspecified atom stereocenters. The van der Waals surface area contributed by atoms with Gasteiger partial charge in [-0.05, 0) is 5.92 Å². The van der Waals surface area contributed by atoms with Crippen LogP contribution in [0.1, 0.15) is 26.7 Å². The van der Waals surface area contributed by atoms with E-state index in [0.29, 0.717) is 6.42 Å². The lowest BCUT2D eigenvalue weighted by atomic mass is 9.88. The van der Waals surface area contributed by atoms with Gasteiger partial charge in [-0.25, -0.2) is 8.78 Å². The van der Waals surface area contributed by atoms with E-state index in [1.807, 2.05) is 0 Å². The molecule has 70 valence electrons. The summed E-state index contributed by atoms with van der Waals surface area (Å²) in [5, 5.41) is 8.66. The number of hydrogen-bond acceptors (Lipinski definition) is 1. The van der Waals surface area contributed by atoms with E-state index in [4.69, 9.17) is 5.11 Å². The van der Waals surface area contributed by atoms with Crippen molar-refractivity contribution < 1.29 is 18.7 Å². The topological polar surface area (TPSA) is 37.3 Å². The fraction of sp³-hybridized carbons (Fsp3) is 0.875. The first-order valence-electron chi connectivity index (χ1n) is 3.99. The molecule has 4 heteroatoms. The quantitative estimate of drug-likeness (QED) is 0.718. The molecule has 1 saturated carbocycles. The second-order valence-electron chi connectivity index (χ2n) is 3.47. The minimum atomic E-state index is -2.99. The average molecular weight is 178 g/mol. The monoisotopic (exact) mass is 178 g/mol. The number of carbonyl (C=O) groups is 1. The van der Waals surface area contributed by atoms with Gasteiger partial charge in [0.05, 0.1) is 0 Å². The van der Waals surface area contributed by atoms with E-state index >= 15 is 0 Å². The molecule has 0 heterocycles. The lowest BCUT2D eigenvalue weighted by Gasteiger charge is -2.17. The summed E-state index contributed by atoms with van der Waals surface area (Å²) in [5.74, 6) is -4.80. The van der Waals surface area contributed by atoms with Gasteiger partial charge in [0.1, 0.15) is 5.41 Å². The molecule has 0 spiro atoms. The van der Waals surface area contributed by atoms with Crippen LogP contribution in [0.15, 0.2) is 0 Å². The van der Waals surface area contributed by atoms with Crippen LogP contribution < -0.4 is 0 Å². The summed E-state index contributed by atoms with van der Waals surface area (Å²) in [6.45, 7) is 3.29. The van der Waals surface area contributed by atoms with Crippen molar-refractivity contribution in [3.05, 3.63) is 0 Å². The Hall–Kier alpha value is -0.670. The highest BCUT2D eigenvalue weighted by molar-refractivity contribution is 5.80. The van der Waals surface area contributed by atoms with Crippen LogP contribution in [0.5, 0.6) is 0 Å². The first-order valence-corrected chi connectivity index (χ1v) is 3.99. The smallest absolute Gasteiger partial charge is 0.316 e. The van der Waals surface area contributed by atoms with Gasteiger partial charge >= 0.3 is 5.97 Å². The minimum absolute atomic E-state index is 0.454. The van der Waals surface area contributed by atoms with Crippen LogP contribution in [0, 0.1) is 11.3 Å². The second-order valence-corrected chi connectivity index (χ2v) is 3.47. The maximum Gasteiger partial charge on any atom is 0.316 e. The van der Waals surface area contributed by atoms with Crippen molar-refractivity contribution in [2.24, 2.45) is 11.3 Å². The Balaban J connectivity index is 2.86. The van der Waals surface area contributed by atoms with E-state index in [-0.39, 0.29) is 0 Å². The standard InChI is InChI=1S/C8H12F2O2/c1-3-5(2)7(6(11)12)4-8(7,9)10/h5H,3-4H2,1-2H3,(H,11,12). The average Bonchev–Trinajstić information content (AvgIpc) is 2.54. The fourth-order valence-electron chi connectivity index (χ4n) is 1.63. The first-order chi connectivity index (χ1) is 5.38. The molecule has 1 aliphatic rings. The van der Waals surface area contributed by atoms with Gasteiger partial charge in [0.25, 0.3) is 5.92 Å². The predicted octanol–water partition coefficient (Wildman–Crippen LogP) is 2.14. The SMILES string of the molecule is CCC(C)C1(C(=O)O)CC1(F)F. The third-order valence-electron chi connectivity index (χ3n) is 2.86. The first kappa shape index (κ1) is 9.42. The van der Waals surface area contributed by atoms with Crippen LogP contribution >= 0.6 is 0 Å². The molecule has 0 radical (unpaired) electrons. The Kier molecular flexibility index (Phi) is 1.89. The number of aliphatic carboxylic acids is 1. The Morgan fingerprint density at radius 3 is 2.17 bits per heavy atom. The highest BCUT2D eigenvalue weighted by Crippen LogP contribution is 2.65. The van der Waals surface area contributed by atoms with Crippen LogP contribution in [-0.4, -0.2) is 17.0 Å². The summed E-state index contributed by atoms with van der Waals surface area (Å²) >= 11 is 0. The van der Waals surface area contributed by atoms with Crippen molar-refractivity contribution in [3.63, 3.8) is 0 Å². The summed E-state index contributed by atoms with van der Waals surface area (Å²) in [6, 6.07) is 0. The van der Waals surface area contributed by atoms with Gasteiger partial charge in [0, 0.05) is 6.42 Å². The molecule has 1 fully saturated rings. The zero-order valence-electron chi connectivity index (χ0n) is 7.10. The Morgan fingerprint density at radius 1 is 1.67 bits per heavy atom. The van der Waals surface area contributed by atoms with Crippen molar-refractivity contribution >= 4 is 5.97 Å². The number of rotatable bonds is 3. The molecule has 0 aromatic heterocycles. The summed E-state index contributed by atoms with van der Waals surface area (Å²) in [7, 11) is 0. The zero-order valence-corrected chi connectivity index (χ0v) is 7.10. The number of carboxylic acids is 1. The molecule has 0 bridgehead atoms. The Bertz CT molecular complexity index is 215. The van der Waals surface area contributed by atoms with E-state index in [9.17, 15) is 13.6 Å². The molecule has 1 N–H and O–H groups in total. The minimum Gasteiger partial charge on any atom is -0.481 e. The summed E-state index contributed by atoms with van der Waals surface area (Å²) in [4.78, 5) is 10.6. The molecular formula is C8H12F2O2.